The van der Waals surface area contributed by atoms with E-state index in [1.807, 2.05) is 31.3 Å². The second kappa shape index (κ2) is 7.17. The Bertz CT molecular complexity index is 409. The van der Waals surface area contributed by atoms with Gasteiger partial charge in [-0.1, -0.05) is 44.2 Å². The van der Waals surface area contributed by atoms with Crippen molar-refractivity contribution in [1.29, 1.82) is 0 Å². The van der Waals surface area contributed by atoms with Crippen LogP contribution in [0.5, 0.6) is 0 Å². The van der Waals surface area contributed by atoms with Gasteiger partial charge in [0.25, 0.3) is 5.91 Å². The number of anilines is 1. The molecular weight excluding hydrogens is 236 g/mol. The SMILES string of the molecule is CNc1ccccc1C(=O)NC1CCCCCCC1. The van der Waals surface area contributed by atoms with Crippen LogP contribution in [-0.2, 0) is 0 Å². The highest BCUT2D eigenvalue weighted by atomic mass is 16.1. The molecule has 19 heavy (non-hydrogen) atoms. The van der Waals surface area contributed by atoms with Crippen molar-refractivity contribution < 1.29 is 4.79 Å². The highest BCUT2D eigenvalue weighted by Crippen LogP contribution is 2.19. The van der Waals surface area contributed by atoms with Crippen molar-refractivity contribution in [3.05, 3.63) is 29.8 Å². The highest BCUT2D eigenvalue weighted by molar-refractivity contribution is 5.99. The number of hydrogen-bond donors (Lipinski definition) is 2. The van der Waals surface area contributed by atoms with Crippen molar-refractivity contribution in [2.24, 2.45) is 0 Å². The van der Waals surface area contributed by atoms with Crippen LogP contribution < -0.4 is 10.6 Å². The van der Waals surface area contributed by atoms with Gasteiger partial charge < -0.3 is 10.6 Å². The highest BCUT2D eigenvalue weighted by Gasteiger charge is 2.16. The quantitative estimate of drug-likeness (QED) is 0.872. The summed E-state index contributed by atoms with van der Waals surface area (Å²) < 4.78 is 0. The summed E-state index contributed by atoms with van der Waals surface area (Å²) in [6, 6.07) is 8.02. The summed E-state index contributed by atoms with van der Waals surface area (Å²) in [5.41, 5.74) is 1.64. The van der Waals surface area contributed by atoms with Crippen LogP contribution in [0.25, 0.3) is 0 Å². The molecule has 0 saturated heterocycles. The normalized spacial score (nSPS) is 17.3. The van der Waals surface area contributed by atoms with Gasteiger partial charge in [0.2, 0.25) is 0 Å². The van der Waals surface area contributed by atoms with Crippen LogP contribution in [0.15, 0.2) is 24.3 Å². The predicted octanol–water partition coefficient (Wildman–Crippen LogP) is 3.57. The molecule has 1 aliphatic rings. The maximum atomic E-state index is 12.3. The van der Waals surface area contributed by atoms with E-state index in [1.54, 1.807) is 0 Å². The van der Waals surface area contributed by atoms with Gasteiger partial charge in [0.1, 0.15) is 0 Å². The molecule has 1 aromatic rings. The van der Waals surface area contributed by atoms with Gasteiger partial charge in [-0.3, -0.25) is 4.79 Å². The zero-order valence-electron chi connectivity index (χ0n) is 11.7. The van der Waals surface area contributed by atoms with E-state index in [-0.39, 0.29) is 5.91 Å². The van der Waals surface area contributed by atoms with Gasteiger partial charge in [0.15, 0.2) is 0 Å². The molecule has 1 aromatic carbocycles. The molecule has 1 saturated carbocycles. The lowest BCUT2D eigenvalue weighted by Gasteiger charge is -2.21. The number of para-hydroxylation sites is 1. The molecule has 0 atom stereocenters. The van der Waals surface area contributed by atoms with E-state index in [0.29, 0.717) is 6.04 Å². The molecule has 0 heterocycles. The molecule has 1 amide bonds. The van der Waals surface area contributed by atoms with Crippen LogP contribution in [-0.4, -0.2) is 19.0 Å². The Balaban J connectivity index is 1.99. The van der Waals surface area contributed by atoms with Crippen molar-refractivity contribution in [1.82, 2.24) is 5.32 Å². The largest absolute Gasteiger partial charge is 0.387 e. The van der Waals surface area contributed by atoms with Gasteiger partial charge >= 0.3 is 0 Å². The fourth-order valence-electron chi connectivity index (χ4n) is 2.76. The molecule has 1 fully saturated rings. The van der Waals surface area contributed by atoms with Gasteiger partial charge in [0, 0.05) is 18.8 Å². The lowest BCUT2D eigenvalue weighted by molar-refractivity contribution is 0.0931. The third kappa shape index (κ3) is 3.98. The average molecular weight is 260 g/mol. The molecule has 0 spiro atoms. The summed E-state index contributed by atoms with van der Waals surface area (Å²) in [5, 5.41) is 6.27. The Hall–Kier alpha value is -1.51. The molecule has 2 N–H and O–H groups in total. The first-order valence-electron chi connectivity index (χ1n) is 7.39. The van der Waals surface area contributed by atoms with Gasteiger partial charge in [-0.25, -0.2) is 0 Å². The third-order valence-electron chi connectivity index (χ3n) is 3.88. The predicted molar refractivity (Wildman–Crippen MR) is 79.6 cm³/mol. The van der Waals surface area contributed by atoms with E-state index in [4.69, 9.17) is 0 Å². The van der Waals surface area contributed by atoms with Crippen LogP contribution >= 0.6 is 0 Å². The smallest absolute Gasteiger partial charge is 0.253 e. The molecular formula is C16H24N2O. The van der Waals surface area contributed by atoms with Crippen LogP contribution in [0.4, 0.5) is 5.69 Å². The standard InChI is InChI=1S/C16H24N2O/c1-17-15-12-8-7-11-14(15)16(19)18-13-9-5-3-2-4-6-10-13/h7-8,11-13,17H,2-6,9-10H2,1H3,(H,18,19). The first-order chi connectivity index (χ1) is 9.31. The summed E-state index contributed by atoms with van der Waals surface area (Å²) in [5.74, 6) is 0.0514. The second-order valence-electron chi connectivity index (χ2n) is 5.31. The first-order valence-corrected chi connectivity index (χ1v) is 7.39. The summed E-state index contributed by atoms with van der Waals surface area (Å²) in [6.45, 7) is 0. The molecule has 104 valence electrons. The molecule has 1 aliphatic carbocycles. The lowest BCUT2D eigenvalue weighted by atomic mass is 9.96. The number of carbonyl (C=O) groups excluding carboxylic acids is 1. The number of nitrogens with one attached hydrogen (secondary N) is 2. The summed E-state index contributed by atoms with van der Waals surface area (Å²) in [7, 11) is 1.85. The zero-order valence-corrected chi connectivity index (χ0v) is 11.7. The maximum Gasteiger partial charge on any atom is 0.253 e. The van der Waals surface area contributed by atoms with Crippen LogP contribution in [0.2, 0.25) is 0 Å². The third-order valence-corrected chi connectivity index (χ3v) is 3.88. The van der Waals surface area contributed by atoms with Crippen molar-refractivity contribution >= 4 is 11.6 Å². The summed E-state index contributed by atoms with van der Waals surface area (Å²) in [6.07, 6.45) is 8.67. The number of hydrogen-bond acceptors (Lipinski definition) is 2. The van der Waals surface area contributed by atoms with Crippen molar-refractivity contribution in [2.45, 2.75) is 51.0 Å². The zero-order chi connectivity index (χ0) is 13.5. The molecule has 0 aliphatic heterocycles. The Morgan fingerprint density at radius 1 is 1.05 bits per heavy atom. The van der Waals surface area contributed by atoms with Gasteiger partial charge in [-0.15, -0.1) is 0 Å². The number of benzene rings is 1. The number of carbonyl (C=O) groups is 1. The molecule has 3 heteroatoms. The second-order valence-corrected chi connectivity index (χ2v) is 5.31. The van der Waals surface area contributed by atoms with E-state index in [1.165, 1.54) is 32.1 Å². The molecule has 0 unspecified atom stereocenters. The molecule has 2 rings (SSSR count). The average Bonchev–Trinajstić information content (AvgIpc) is 2.41. The van der Waals surface area contributed by atoms with Gasteiger partial charge in [-0.05, 0) is 25.0 Å². The van der Waals surface area contributed by atoms with E-state index >= 15 is 0 Å². The van der Waals surface area contributed by atoms with E-state index < -0.39 is 0 Å². The Morgan fingerprint density at radius 2 is 1.68 bits per heavy atom. The molecule has 0 aromatic heterocycles. The van der Waals surface area contributed by atoms with E-state index in [2.05, 4.69) is 10.6 Å². The summed E-state index contributed by atoms with van der Waals surface area (Å²) >= 11 is 0. The fraction of sp³-hybridized carbons (Fsp3) is 0.562. The van der Waals surface area contributed by atoms with Crippen molar-refractivity contribution in [3.63, 3.8) is 0 Å². The molecule has 0 radical (unpaired) electrons. The van der Waals surface area contributed by atoms with E-state index in [0.717, 1.165) is 24.1 Å². The maximum absolute atomic E-state index is 12.3. The minimum Gasteiger partial charge on any atom is -0.387 e. The number of amides is 1. The fourth-order valence-corrected chi connectivity index (χ4v) is 2.76. The Kier molecular flexibility index (Phi) is 5.25. The minimum atomic E-state index is 0.0514. The lowest BCUT2D eigenvalue weighted by Crippen LogP contribution is -2.35. The monoisotopic (exact) mass is 260 g/mol. The number of rotatable bonds is 3. The van der Waals surface area contributed by atoms with Crippen LogP contribution in [0.3, 0.4) is 0 Å². The first kappa shape index (κ1) is 13.9. The Labute approximate surface area is 115 Å². The van der Waals surface area contributed by atoms with Crippen LogP contribution in [0, 0.1) is 0 Å². The van der Waals surface area contributed by atoms with E-state index in [9.17, 15) is 4.79 Å². The van der Waals surface area contributed by atoms with Crippen molar-refractivity contribution in [3.8, 4) is 0 Å². The minimum absolute atomic E-state index is 0.0514. The van der Waals surface area contributed by atoms with Gasteiger partial charge in [-0.2, -0.15) is 0 Å². The molecule has 3 nitrogen and oxygen atoms in total. The van der Waals surface area contributed by atoms with Gasteiger partial charge in [0.05, 0.1) is 5.56 Å². The van der Waals surface area contributed by atoms with Crippen molar-refractivity contribution in [2.75, 3.05) is 12.4 Å². The van der Waals surface area contributed by atoms with Crippen LogP contribution in [0.1, 0.15) is 55.3 Å². The molecule has 0 bridgehead atoms. The topological polar surface area (TPSA) is 41.1 Å². The summed E-state index contributed by atoms with van der Waals surface area (Å²) in [4.78, 5) is 12.3. The Morgan fingerprint density at radius 3 is 2.37 bits per heavy atom.